The van der Waals surface area contributed by atoms with E-state index in [1.54, 1.807) is 0 Å². The number of rotatable bonds is 2. The number of para-hydroxylation sites is 2. The molecule has 126 valence electrons. The van der Waals surface area contributed by atoms with Gasteiger partial charge in [-0.1, -0.05) is 54.6 Å². The second-order valence-corrected chi connectivity index (χ2v) is 6.43. The van der Waals surface area contributed by atoms with Gasteiger partial charge in [-0.2, -0.15) is 5.26 Å². The van der Waals surface area contributed by atoms with Gasteiger partial charge < -0.3 is 4.57 Å². The average molecular weight is 345 g/mol. The van der Waals surface area contributed by atoms with Crippen molar-refractivity contribution in [3.8, 4) is 23.0 Å². The van der Waals surface area contributed by atoms with E-state index in [0.717, 1.165) is 28.0 Å². The lowest BCUT2D eigenvalue weighted by Crippen LogP contribution is -1.96. The zero-order valence-electron chi connectivity index (χ0n) is 14.5. The maximum Gasteiger partial charge on any atom is 0.0998 e. The van der Waals surface area contributed by atoms with Crippen LogP contribution in [-0.4, -0.2) is 9.55 Å². The SMILES string of the molecule is N#Cc1ccccc1-c1ccc(-n2c3ccccc3c3ccccc32)cn1. The number of nitrogens with zero attached hydrogens (tertiary/aromatic N) is 3. The normalized spacial score (nSPS) is 10.9. The molecule has 0 N–H and O–H groups in total. The quantitative estimate of drug-likeness (QED) is 0.411. The zero-order valence-corrected chi connectivity index (χ0v) is 14.5. The molecule has 0 unspecified atom stereocenters. The molecule has 3 heteroatoms. The van der Waals surface area contributed by atoms with Gasteiger partial charge in [-0.05, 0) is 30.3 Å². The second-order valence-electron chi connectivity index (χ2n) is 6.43. The van der Waals surface area contributed by atoms with Gasteiger partial charge in [0.05, 0.1) is 40.2 Å². The Kier molecular flexibility index (Phi) is 3.48. The summed E-state index contributed by atoms with van der Waals surface area (Å²) in [6, 6.07) is 30.7. The molecular formula is C24H15N3. The van der Waals surface area contributed by atoms with E-state index in [0.29, 0.717) is 5.56 Å². The number of hydrogen-bond donors (Lipinski definition) is 0. The molecular weight excluding hydrogens is 330 g/mol. The molecule has 2 aromatic heterocycles. The highest BCUT2D eigenvalue weighted by Gasteiger charge is 2.12. The van der Waals surface area contributed by atoms with Crippen molar-refractivity contribution in [3.05, 3.63) is 96.7 Å². The van der Waals surface area contributed by atoms with Crippen LogP contribution in [0.25, 0.3) is 38.8 Å². The zero-order chi connectivity index (χ0) is 18.2. The van der Waals surface area contributed by atoms with Crippen LogP contribution in [-0.2, 0) is 0 Å². The summed E-state index contributed by atoms with van der Waals surface area (Å²) in [5.41, 5.74) is 5.61. The van der Waals surface area contributed by atoms with Crippen molar-refractivity contribution >= 4 is 21.8 Å². The molecule has 0 aliphatic carbocycles. The highest BCUT2D eigenvalue weighted by molar-refractivity contribution is 6.09. The van der Waals surface area contributed by atoms with E-state index in [4.69, 9.17) is 0 Å². The van der Waals surface area contributed by atoms with E-state index in [2.05, 4.69) is 70.2 Å². The summed E-state index contributed by atoms with van der Waals surface area (Å²) < 4.78 is 2.23. The van der Waals surface area contributed by atoms with Crippen molar-refractivity contribution in [2.75, 3.05) is 0 Å². The van der Waals surface area contributed by atoms with E-state index in [1.807, 2.05) is 36.5 Å². The van der Waals surface area contributed by atoms with Gasteiger partial charge in [0, 0.05) is 16.3 Å². The molecule has 0 aliphatic heterocycles. The second kappa shape index (κ2) is 6.12. The summed E-state index contributed by atoms with van der Waals surface area (Å²) in [7, 11) is 0. The summed E-state index contributed by atoms with van der Waals surface area (Å²) >= 11 is 0. The fraction of sp³-hybridized carbons (Fsp3) is 0. The van der Waals surface area contributed by atoms with E-state index >= 15 is 0 Å². The Hall–Kier alpha value is -3.90. The number of aromatic nitrogens is 2. The standard InChI is InChI=1S/C24H15N3/c25-15-17-7-1-2-8-19(17)22-14-13-18(16-26-22)27-23-11-5-3-9-20(23)21-10-4-6-12-24(21)27/h1-14,16H. The van der Waals surface area contributed by atoms with Crippen LogP contribution in [0.5, 0.6) is 0 Å². The number of fused-ring (bicyclic) bond motifs is 3. The molecule has 0 saturated heterocycles. The monoisotopic (exact) mass is 345 g/mol. The van der Waals surface area contributed by atoms with Crippen molar-refractivity contribution in [3.63, 3.8) is 0 Å². The first-order valence-corrected chi connectivity index (χ1v) is 8.81. The molecule has 0 amide bonds. The summed E-state index contributed by atoms with van der Waals surface area (Å²) in [5.74, 6) is 0. The van der Waals surface area contributed by atoms with E-state index < -0.39 is 0 Å². The highest BCUT2D eigenvalue weighted by atomic mass is 15.0. The van der Waals surface area contributed by atoms with Crippen LogP contribution in [0.4, 0.5) is 0 Å². The Morgan fingerprint density at radius 1 is 0.704 bits per heavy atom. The third kappa shape index (κ3) is 2.39. The fourth-order valence-corrected chi connectivity index (χ4v) is 3.68. The number of benzene rings is 3. The van der Waals surface area contributed by atoms with Gasteiger partial charge in [0.2, 0.25) is 0 Å². The number of nitriles is 1. The Bertz CT molecular complexity index is 1270. The Morgan fingerprint density at radius 2 is 1.33 bits per heavy atom. The smallest absolute Gasteiger partial charge is 0.0998 e. The fourth-order valence-electron chi connectivity index (χ4n) is 3.68. The van der Waals surface area contributed by atoms with Gasteiger partial charge in [-0.25, -0.2) is 0 Å². The first kappa shape index (κ1) is 15.4. The summed E-state index contributed by atoms with van der Waals surface area (Å²) in [4.78, 5) is 4.66. The minimum atomic E-state index is 0.634. The summed E-state index contributed by atoms with van der Waals surface area (Å²) in [6.45, 7) is 0. The van der Waals surface area contributed by atoms with Crippen molar-refractivity contribution in [1.82, 2.24) is 9.55 Å². The molecule has 27 heavy (non-hydrogen) atoms. The molecule has 0 radical (unpaired) electrons. The van der Waals surface area contributed by atoms with Crippen LogP contribution >= 0.6 is 0 Å². The highest BCUT2D eigenvalue weighted by Crippen LogP contribution is 2.32. The van der Waals surface area contributed by atoms with Crippen LogP contribution in [0.3, 0.4) is 0 Å². The molecule has 0 bridgehead atoms. The lowest BCUT2D eigenvalue weighted by Gasteiger charge is -2.09. The third-order valence-electron chi connectivity index (χ3n) is 4.91. The predicted molar refractivity (Wildman–Crippen MR) is 109 cm³/mol. The molecule has 0 aliphatic rings. The van der Waals surface area contributed by atoms with Crippen molar-refractivity contribution in [2.24, 2.45) is 0 Å². The largest absolute Gasteiger partial charge is 0.308 e. The minimum absolute atomic E-state index is 0.634. The first-order valence-electron chi connectivity index (χ1n) is 8.81. The predicted octanol–water partition coefficient (Wildman–Crippen LogP) is 5.72. The third-order valence-corrected chi connectivity index (χ3v) is 4.91. The van der Waals surface area contributed by atoms with Crippen LogP contribution in [0, 0.1) is 11.3 Å². The molecule has 5 rings (SSSR count). The summed E-state index contributed by atoms with van der Waals surface area (Å²) in [6.07, 6.45) is 1.88. The molecule has 3 aromatic carbocycles. The van der Waals surface area contributed by atoms with Gasteiger partial charge in [0.1, 0.15) is 0 Å². The topological polar surface area (TPSA) is 41.6 Å². The molecule has 0 atom stereocenters. The van der Waals surface area contributed by atoms with Gasteiger partial charge in [-0.15, -0.1) is 0 Å². The number of hydrogen-bond acceptors (Lipinski definition) is 2. The van der Waals surface area contributed by atoms with Gasteiger partial charge in [0.25, 0.3) is 0 Å². The lowest BCUT2D eigenvalue weighted by atomic mass is 10.1. The Balaban J connectivity index is 1.71. The molecule has 3 nitrogen and oxygen atoms in total. The van der Waals surface area contributed by atoms with Crippen LogP contribution in [0.15, 0.2) is 91.1 Å². The maximum atomic E-state index is 9.34. The van der Waals surface area contributed by atoms with Crippen molar-refractivity contribution in [1.29, 1.82) is 5.26 Å². The lowest BCUT2D eigenvalue weighted by molar-refractivity contribution is 1.14. The van der Waals surface area contributed by atoms with Gasteiger partial charge in [-0.3, -0.25) is 4.98 Å². The van der Waals surface area contributed by atoms with E-state index in [9.17, 15) is 5.26 Å². The minimum Gasteiger partial charge on any atom is -0.308 e. The average Bonchev–Trinajstić information content (AvgIpc) is 3.08. The first-order chi connectivity index (χ1) is 13.4. The number of pyridine rings is 1. The van der Waals surface area contributed by atoms with E-state index in [-0.39, 0.29) is 0 Å². The van der Waals surface area contributed by atoms with Crippen LogP contribution in [0.2, 0.25) is 0 Å². The molecule has 0 fully saturated rings. The Labute approximate surface area is 156 Å². The van der Waals surface area contributed by atoms with Crippen molar-refractivity contribution in [2.45, 2.75) is 0 Å². The van der Waals surface area contributed by atoms with Crippen LogP contribution in [0.1, 0.15) is 5.56 Å². The van der Waals surface area contributed by atoms with Gasteiger partial charge >= 0.3 is 0 Å². The Morgan fingerprint density at radius 3 is 1.96 bits per heavy atom. The van der Waals surface area contributed by atoms with E-state index in [1.165, 1.54) is 10.8 Å². The van der Waals surface area contributed by atoms with Crippen molar-refractivity contribution < 1.29 is 0 Å². The molecule has 0 spiro atoms. The van der Waals surface area contributed by atoms with Crippen LogP contribution < -0.4 is 0 Å². The maximum absolute atomic E-state index is 9.34. The molecule has 5 aromatic rings. The molecule has 2 heterocycles. The summed E-state index contributed by atoms with van der Waals surface area (Å²) in [5, 5.41) is 11.8. The molecule has 0 saturated carbocycles. The van der Waals surface area contributed by atoms with Gasteiger partial charge in [0.15, 0.2) is 0 Å².